The summed E-state index contributed by atoms with van der Waals surface area (Å²) in [4.78, 5) is 38.7. The molecule has 28 heavy (non-hydrogen) atoms. The maximum absolute atomic E-state index is 12.5. The second-order valence-corrected chi connectivity index (χ2v) is 6.91. The van der Waals surface area contributed by atoms with Crippen LogP contribution in [0.5, 0.6) is 5.75 Å². The van der Waals surface area contributed by atoms with Gasteiger partial charge in [-0.15, -0.1) is 0 Å². The molecule has 1 heterocycles. The van der Waals surface area contributed by atoms with Gasteiger partial charge < -0.3 is 14.4 Å². The summed E-state index contributed by atoms with van der Waals surface area (Å²) >= 11 is 0. The number of aryl methyl sites for hydroxylation is 2. The van der Waals surface area contributed by atoms with Crippen molar-refractivity contribution in [2.45, 2.75) is 20.3 Å². The molecule has 1 amide bonds. The number of hydrogen-bond donors (Lipinski definition) is 0. The molecule has 0 aliphatic carbocycles. The molecule has 0 aromatic heterocycles. The summed E-state index contributed by atoms with van der Waals surface area (Å²) in [6, 6.07) is 12.4. The largest absolute Gasteiger partial charge is 0.497 e. The highest BCUT2D eigenvalue weighted by molar-refractivity contribution is 6.01. The van der Waals surface area contributed by atoms with E-state index in [1.807, 2.05) is 32.0 Å². The topological polar surface area (TPSA) is 72.9 Å². The van der Waals surface area contributed by atoms with Gasteiger partial charge in [-0.1, -0.05) is 18.2 Å². The number of nitrogens with zero attached hydrogens (tertiary/aromatic N) is 1. The van der Waals surface area contributed by atoms with Crippen molar-refractivity contribution in [2.24, 2.45) is 5.92 Å². The molecule has 1 aliphatic heterocycles. The number of benzene rings is 2. The number of anilines is 1. The SMILES string of the molecule is COc1ccc(C(=O)COC(=O)[C@H]2CC(=O)N(c3c(C)cccc3C)C2)cc1. The summed E-state index contributed by atoms with van der Waals surface area (Å²) in [5.74, 6) is -0.864. The third kappa shape index (κ3) is 4.06. The lowest BCUT2D eigenvalue weighted by molar-refractivity contribution is -0.147. The molecule has 1 atom stereocenters. The van der Waals surface area contributed by atoms with E-state index in [0.29, 0.717) is 11.3 Å². The van der Waals surface area contributed by atoms with E-state index in [9.17, 15) is 14.4 Å². The van der Waals surface area contributed by atoms with Crippen LogP contribution in [0.1, 0.15) is 27.9 Å². The Hall–Kier alpha value is -3.15. The summed E-state index contributed by atoms with van der Waals surface area (Å²) < 4.78 is 10.2. The van der Waals surface area contributed by atoms with Gasteiger partial charge in [-0.25, -0.2) is 0 Å². The Labute approximate surface area is 164 Å². The van der Waals surface area contributed by atoms with Crippen LogP contribution in [0.4, 0.5) is 5.69 Å². The summed E-state index contributed by atoms with van der Waals surface area (Å²) in [5.41, 5.74) is 3.25. The van der Waals surface area contributed by atoms with Crippen molar-refractivity contribution in [3.8, 4) is 5.75 Å². The van der Waals surface area contributed by atoms with Gasteiger partial charge in [0.05, 0.1) is 13.0 Å². The van der Waals surface area contributed by atoms with Crippen LogP contribution < -0.4 is 9.64 Å². The second-order valence-electron chi connectivity index (χ2n) is 6.91. The lowest BCUT2D eigenvalue weighted by atomic mass is 10.1. The van der Waals surface area contributed by atoms with E-state index in [1.165, 1.54) is 0 Å². The molecule has 2 aromatic carbocycles. The molecule has 1 aliphatic rings. The summed E-state index contributed by atoms with van der Waals surface area (Å²) in [5, 5.41) is 0. The second kappa shape index (κ2) is 8.25. The van der Waals surface area contributed by atoms with Crippen LogP contribution in [0.15, 0.2) is 42.5 Å². The predicted molar refractivity (Wildman–Crippen MR) is 105 cm³/mol. The molecule has 6 heteroatoms. The third-order valence-electron chi connectivity index (χ3n) is 4.93. The average molecular weight is 381 g/mol. The molecule has 0 N–H and O–H groups in total. The number of carbonyl (C=O) groups is 3. The molecule has 2 aromatic rings. The zero-order valence-corrected chi connectivity index (χ0v) is 16.2. The lowest BCUT2D eigenvalue weighted by Gasteiger charge is -2.21. The van der Waals surface area contributed by atoms with Crippen LogP contribution >= 0.6 is 0 Å². The Morgan fingerprint density at radius 2 is 1.71 bits per heavy atom. The van der Waals surface area contributed by atoms with Crippen LogP contribution in [0.25, 0.3) is 0 Å². The minimum atomic E-state index is -0.574. The fourth-order valence-electron chi connectivity index (χ4n) is 3.43. The van der Waals surface area contributed by atoms with Gasteiger partial charge in [0.1, 0.15) is 5.75 Å². The summed E-state index contributed by atoms with van der Waals surface area (Å²) in [7, 11) is 1.54. The highest BCUT2D eigenvalue weighted by atomic mass is 16.5. The number of hydrogen-bond acceptors (Lipinski definition) is 5. The molecule has 0 unspecified atom stereocenters. The Kier molecular flexibility index (Phi) is 5.78. The van der Waals surface area contributed by atoms with Crippen molar-refractivity contribution in [1.29, 1.82) is 0 Å². The van der Waals surface area contributed by atoms with Gasteiger partial charge in [0.25, 0.3) is 0 Å². The van der Waals surface area contributed by atoms with E-state index < -0.39 is 11.9 Å². The van der Waals surface area contributed by atoms with Crippen molar-refractivity contribution in [3.63, 3.8) is 0 Å². The Balaban J connectivity index is 1.61. The van der Waals surface area contributed by atoms with Gasteiger partial charge in [-0.05, 0) is 49.2 Å². The van der Waals surface area contributed by atoms with E-state index in [0.717, 1.165) is 16.8 Å². The van der Waals surface area contributed by atoms with Gasteiger partial charge in [0, 0.05) is 24.2 Å². The number of carbonyl (C=O) groups excluding carboxylic acids is 3. The van der Waals surface area contributed by atoms with Crippen LogP contribution in [0.3, 0.4) is 0 Å². The quantitative estimate of drug-likeness (QED) is 0.568. The molecule has 146 valence electrons. The minimum Gasteiger partial charge on any atom is -0.497 e. The number of ether oxygens (including phenoxy) is 2. The maximum Gasteiger partial charge on any atom is 0.311 e. The predicted octanol–water partition coefficient (Wildman–Crippen LogP) is 3.09. The van der Waals surface area contributed by atoms with Crippen LogP contribution in [0, 0.1) is 19.8 Å². The van der Waals surface area contributed by atoms with E-state index in [4.69, 9.17) is 9.47 Å². The molecule has 0 saturated carbocycles. The molecule has 3 rings (SSSR count). The zero-order valence-electron chi connectivity index (χ0n) is 16.2. The Morgan fingerprint density at radius 3 is 2.32 bits per heavy atom. The van der Waals surface area contributed by atoms with Crippen LogP contribution in [0.2, 0.25) is 0 Å². The molecule has 1 fully saturated rings. The van der Waals surface area contributed by atoms with Crippen molar-refractivity contribution < 1.29 is 23.9 Å². The highest BCUT2D eigenvalue weighted by Gasteiger charge is 2.37. The normalized spacial score (nSPS) is 16.2. The van der Waals surface area contributed by atoms with Crippen molar-refractivity contribution in [2.75, 3.05) is 25.2 Å². The van der Waals surface area contributed by atoms with E-state index >= 15 is 0 Å². The number of methoxy groups -OCH3 is 1. The van der Waals surface area contributed by atoms with Gasteiger partial charge in [-0.2, -0.15) is 0 Å². The first-order valence-corrected chi connectivity index (χ1v) is 9.11. The fourth-order valence-corrected chi connectivity index (χ4v) is 3.43. The number of rotatable bonds is 6. The number of amides is 1. The molecular weight excluding hydrogens is 358 g/mol. The number of para-hydroxylation sites is 1. The van der Waals surface area contributed by atoms with E-state index in [2.05, 4.69) is 0 Å². The van der Waals surface area contributed by atoms with E-state index in [1.54, 1.807) is 36.3 Å². The average Bonchev–Trinajstić information content (AvgIpc) is 3.07. The highest BCUT2D eigenvalue weighted by Crippen LogP contribution is 2.31. The van der Waals surface area contributed by atoms with Gasteiger partial charge in [0.15, 0.2) is 12.4 Å². The molecule has 6 nitrogen and oxygen atoms in total. The first-order valence-electron chi connectivity index (χ1n) is 9.11. The molecule has 0 radical (unpaired) electrons. The molecule has 0 spiro atoms. The minimum absolute atomic E-state index is 0.0866. The van der Waals surface area contributed by atoms with Crippen molar-refractivity contribution >= 4 is 23.3 Å². The molecular formula is C22H23NO5. The third-order valence-corrected chi connectivity index (χ3v) is 4.93. The fraction of sp³-hybridized carbons (Fsp3) is 0.318. The molecule has 0 bridgehead atoms. The first-order chi connectivity index (χ1) is 13.4. The smallest absolute Gasteiger partial charge is 0.311 e. The number of ketones is 1. The summed E-state index contributed by atoms with van der Waals surface area (Å²) in [6.45, 7) is 3.79. The first kappa shape index (κ1) is 19.6. The zero-order chi connectivity index (χ0) is 20.3. The van der Waals surface area contributed by atoms with Crippen LogP contribution in [-0.4, -0.2) is 37.9 Å². The van der Waals surface area contributed by atoms with Gasteiger partial charge >= 0.3 is 5.97 Å². The van der Waals surface area contributed by atoms with Gasteiger partial charge in [0.2, 0.25) is 5.91 Å². The monoisotopic (exact) mass is 381 g/mol. The number of esters is 1. The van der Waals surface area contributed by atoms with E-state index in [-0.39, 0.29) is 31.3 Å². The Bertz CT molecular complexity index is 883. The standard InChI is InChI=1S/C22H23NO5/c1-14-5-4-6-15(2)21(14)23-12-17(11-20(23)25)22(26)28-13-19(24)16-7-9-18(27-3)10-8-16/h4-10,17H,11-13H2,1-3H3/t17-/m0/s1. The van der Waals surface area contributed by atoms with Crippen molar-refractivity contribution in [3.05, 3.63) is 59.2 Å². The Morgan fingerprint density at radius 1 is 1.07 bits per heavy atom. The van der Waals surface area contributed by atoms with Crippen molar-refractivity contribution in [1.82, 2.24) is 0 Å². The summed E-state index contributed by atoms with van der Waals surface area (Å²) in [6.07, 6.45) is 0.0866. The lowest BCUT2D eigenvalue weighted by Crippen LogP contribution is -2.28. The van der Waals surface area contributed by atoms with Gasteiger partial charge in [-0.3, -0.25) is 14.4 Å². The van der Waals surface area contributed by atoms with Crippen LogP contribution in [-0.2, 0) is 14.3 Å². The number of Topliss-reactive ketones (excluding diaryl/α,β-unsaturated/α-hetero) is 1. The molecule has 1 saturated heterocycles. The maximum atomic E-state index is 12.5.